The lowest BCUT2D eigenvalue weighted by Gasteiger charge is -2.20. The van der Waals surface area contributed by atoms with E-state index in [-0.39, 0.29) is 18.7 Å². The summed E-state index contributed by atoms with van der Waals surface area (Å²) in [6.07, 6.45) is -0.456. The van der Waals surface area contributed by atoms with Gasteiger partial charge in [-0.05, 0) is 17.9 Å². The van der Waals surface area contributed by atoms with Crippen molar-refractivity contribution < 1.29 is 18.7 Å². The van der Waals surface area contributed by atoms with E-state index in [1.807, 2.05) is 0 Å². The van der Waals surface area contributed by atoms with E-state index < -0.39 is 30.1 Å². The quantitative estimate of drug-likeness (QED) is 0.331. The fraction of sp³-hybridized carbons (Fsp3) is 0.467. The molecule has 0 saturated heterocycles. The molecule has 0 spiro atoms. The summed E-state index contributed by atoms with van der Waals surface area (Å²) >= 11 is 0. The van der Waals surface area contributed by atoms with Gasteiger partial charge < -0.3 is 10.8 Å². The van der Waals surface area contributed by atoms with E-state index in [0.717, 1.165) is 5.12 Å². The Kier molecular flexibility index (Phi) is 4.84. The molecule has 1 aromatic rings. The van der Waals surface area contributed by atoms with Crippen LogP contribution in [0.4, 0.5) is 8.78 Å². The first-order valence-electron chi connectivity index (χ1n) is 7.23. The molecule has 126 valence electrons. The Morgan fingerprint density at radius 1 is 1.43 bits per heavy atom. The third kappa shape index (κ3) is 4.16. The number of carbonyl (C=O) groups is 1. The second kappa shape index (κ2) is 6.49. The molecular formula is C15H20F2N4O2. The normalized spacial score (nSPS) is 21.9. The zero-order valence-electron chi connectivity index (χ0n) is 12.7. The highest BCUT2D eigenvalue weighted by molar-refractivity contribution is 5.97. The van der Waals surface area contributed by atoms with Crippen molar-refractivity contribution in [2.45, 2.75) is 31.1 Å². The van der Waals surface area contributed by atoms with Crippen molar-refractivity contribution in [2.24, 2.45) is 22.6 Å². The van der Waals surface area contributed by atoms with Crippen LogP contribution in [0, 0.1) is 5.92 Å². The van der Waals surface area contributed by atoms with Gasteiger partial charge in [-0.1, -0.05) is 24.3 Å². The predicted molar refractivity (Wildman–Crippen MR) is 81.8 cm³/mol. The van der Waals surface area contributed by atoms with E-state index >= 15 is 0 Å². The number of hydrogen-bond donors (Lipinski definition) is 3. The fourth-order valence-corrected chi connectivity index (χ4v) is 2.97. The summed E-state index contributed by atoms with van der Waals surface area (Å²) < 4.78 is 26.8. The first-order valence-corrected chi connectivity index (χ1v) is 7.23. The molecule has 8 heteroatoms. The van der Waals surface area contributed by atoms with Crippen LogP contribution in [-0.4, -0.2) is 35.0 Å². The Labute approximate surface area is 132 Å². The van der Waals surface area contributed by atoms with Gasteiger partial charge in [0.15, 0.2) is 5.84 Å². The van der Waals surface area contributed by atoms with Crippen LogP contribution in [0.25, 0.3) is 0 Å². The molecule has 1 aliphatic rings. The number of hydrazine groups is 1. The monoisotopic (exact) mass is 326 g/mol. The van der Waals surface area contributed by atoms with E-state index in [1.165, 1.54) is 7.05 Å². The first kappa shape index (κ1) is 17.1. The van der Waals surface area contributed by atoms with E-state index in [4.69, 9.17) is 11.6 Å². The highest BCUT2D eigenvalue weighted by Gasteiger charge is 2.45. The minimum atomic E-state index is -2.78. The van der Waals surface area contributed by atoms with Crippen LogP contribution in [0.1, 0.15) is 36.3 Å². The molecule has 1 saturated carbocycles. The molecule has 2 rings (SSSR count). The van der Waals surface area contributed by atoms with Crippen LogP contribution >= 0.6 is 0 Å². The van der Waals surface area contributed by atoms with Gasteiger partial charge in [0.2, 0.25) is 5.92 Å². The molecule has 2 atom stereocenters. The highest BCUT2D eigenvalue weighted by atomic mass is 19.3. The Morgan fingerprint density at radius 2 is 2.04 bits per heavy atom. The average Bonchev–Trinajstić information content (AvgIpc) is 2.78. The Balaban J connectivity index is 2.23. The Morgan fingerprint density at radius 3 is 2.48 bits per heavy atom. The van der Waals surface area contributed by atoms with E-state index in [0.29, 0.717) is 11.1 Å². The number of aliphatic carboxylic acids is 1. The van der Waals surface area contributed by atoms with Crippen molar-refractivity contribution in [3.8, 4) is 0 Å². The lowest BCUT2D eigenvalue weighted by Crippen LogP contribution is -2.25. The molecular weight excluding hydrogens is 306 g/mol. The third-order valence-corrected chi connectivity index (χ3v) is 4.01. The average molecular weight is 326 g/mol. The molecule has 0 aliphatic heterocycles. The largest absolute Gasteiger partial charge is 0.481 e. The number of benzene rings is 1. The van der Waals surface area contributed by atoms with Gasteiger partial charge in [0.05, 0.1) is 5.92 Å². The fourth-order valence-electron chi connectivity index (χ4n) is 2.97. The summed E-state index contributed by atoms with van der Waals surface area (Å²) in [5.74, 6) is 0.159. The maximum Gasteiger partial charge on any atom is 0.311 e. The van der Waals surface area contributed by atoms with Gasteiger partial charge >= 0.3 is 5.97 Å². The smallest absolute Gasteiger partial charge is 0.311 e. The lowest BCUT2D eigenvalue weighted by atomic mass is 9.84. The predicted octanol–water partition coefficient (Wildman–Crippen LogP) is 1.72. The molecule has 0 heterocycles. The number of carboxylic acid groups (broad SMARTS) is 1. The maximum absolute atomic E-state index is 13.4. The number of nitrogens with zero attached hydrogens (tertiary/aromatic N) is 2. The molecule has 23 heavy (non-hydrogen) atoms. The highest BCUT2D eigenvalue weighted by Crippen LogP contribution is 2.45. The van der Waals surface area contributed by atoms with Gasteiger partial charge in [0.1, 0.15) is 0 Å². The van der Waals surface area contributed by atoms with E-state index in [9.17, 15) is 18.7 Å². The van der Waals surface area contributed by atoms with Crippen molar-refractivity contribution in [3.05, 3.63) is 35.4 Å². The minimum Gasteiger partial charge on any atom is -0.481 e. The Hall–Kier alpha value is -2.22. The van der Waals surface area contributed by atoms with Gasteiger partial charge in [-0.15, -0.1) is 5.10 Å². The lowest BCUT2D eigenvalue weighted by molar-refractivity contribution is -0.140. The molecule has 6 nitrogen and oxygen atoms in total. The summed E-state index contributed by atoms with van der Waals surface area (Å²) in [6.45, 7) is 0. The summed E-state index contributed by atoms with van der Waals surface area (Å²) in [6, 6.07) is 6.40. The summed E-state index contributed by atoms with van der Waals surface area (Å²) in [5.41, 5.74) is 6.81. The number of hydrazone groups is 1. The van der Waals surface area contributed by atoms with Crippen LogP contribution in [0.15, 0.2) is 29.4 Å². The molecule has 0 radical (unpaired) electrons. The van der Waals surface area contributed by atoms with Gasteiger partial charge in [-0.3, -0.25) is 4.79 Å². The van der Waals surface area contributed by atoms with Crippen molar-refractivity contribution in [3.63, 3.8) is 0 Å². The topological polar surface area (TPSA) is 105 Å². The zero-order chi connectivity index (χ0) is 17.2. The summed E-state index contributed by atoms with van der Waals surface area (Å²) in [7, 11) is 1.52. The molecule has 5 N–H and O–H groups in total. The van der Waals surface area contributed by atoms with Gasteiger partial charge in [-0.25, -0.2) is 19.7 Å². The van der Waals surface area contributed by atoms with Gasteiger partial charge in [-0.2, -0.15) is 0 Å². The van der Waals surface area contributed by atoms with Crippen LogP contribution in [0.5, 0.6) is 0 Å². The second-order valence-electron chi connectivity index (χ2n) is 5.86. The summed E-state index contributed by atoms with van der Waals surface area (Å²) in [5, 5.41) is 14.3. The number of rotatable bonds is 5. The standard InChI is InChI=1S/C15H20F2N4O2/c1-21(19)20-13(18)10-4-2-9(3-5-10)12(14(22)23)11-6-7-15(16,17)8-11/h2-5,11-12H,6-8,19H2,1H3,(H2,18,20)(H,22,23). The van der Waals surface area contributed by atoms with Gasteiger partial charge in [0, 0.05) is 25.5 Å². The van der Waals surface area contributed by atoms with Crippen molar-refractivity contribution in [2.75, 3.05) is 7.05 Å². The van der Waals surface area contributed by atoms with E-state index in [2.05, 4.69) is 5.10 Å². The first-order chi connectivity index (χ1) is 10.7. The second-order valence-corrected chi connectivity index (χ2v) is 5.86. The molecule has 1 aromatic carbocycles. The van der Waals surface area contributed by atoms with Crippen LogP contribution in [0.2, 0.25) is 0 Å². The SMILES string of the molecule is CN(N)/N=C(\N)c1ccc(C(C(=O)O)C2CCC(F)(F)C2)cc1. The van der Waals surface area contributed by atoms with Crippen LogP contribution < -0.4 is 11.6 Å². The number of halogens is 2. The molecule has 0 bridgehead atoms. The maximum atomic E-state index is 13.4. The zero-order valence-corrected chi connectivity index (χ0v) is 12.7. The third-order valence-electron chi connectivity index (χ3n) is 4.01. The summed E-state index contributed by atoms with van der Waals surface area (Å²) in [4.78, 5) is 11.5. The van der Waals surface area contributed by atoms with Crippen LogP contribution in [-0.2, 0) is 4.79 Å². The molecule has 1 aliphatic carbocycles. The molecule has 0 aromatic heterocycles. The molecule has 0 amide bonds. The number of amidine groups is 1. The molecule has 1 fully saturated rings. The van der Waals surface area contributed by atoms with Crippen molar-refractivity contribution >= 4 is 11.8 Å². The van der Waals surface area contributed by atoms with Crippen molar-refractivity contribution in [1.29, 1.82) is 0 Å². The number of carboxylic acids is 1. The van der Waals surface area contributed by atoms with E-state index in [1.54, 1.807) is 24.3 Å². The van der Waals surface area contributed by atoms with Crippen molar-refractivity contribution in [1.82, 2.24) is 5.12 Å². The Bertz CT molecular complexity index is 602. The minimum absolute atomic E-state index is 0.181. The number of nitrogens with two attached hydrogens (primary N) is 2. The number of hydrogen-bond acceptors (Lipinski definition) is 4. The van der Waals surface area contributed by atoms with Crippen LogP contribution in [0.3, 0.4) is 0 Å². The van der Waals surface area contributed by atoms with Gasteiger partial charge in [0.25, 0.3) is 0 Å². The number of alkyl halides is 2. The molecule has 2 unspecified atom stereocenters.